The summed E-state index contributed by atoms with van der Waals surface area (Å²) in [7, 11) is 3.25. The zero-order valence-electron chi connectivity index (χ0n) is 18.8. The lowest BCUT2D eigenvalue weighted by molar-refractivity contribution is -0.116. The quantitative estimate of drug-likeness (QED) is 0.332. The van der Waals surface area contributed by atoms with E-state index in [1.807, 2.05) is 36.4 Å². The molecule has 0 fully saturated rings. The number of amides is 1. The second-order valence-electron chi connectivity index (χ2n) is 6.96. The van der Waals surface area contributed by atoms with E-state index in [1.165, 1.54) is 23.1 Å². The molecule has 2 aromatic carbocycles. The van der Waals surface area contributed by atoms with Crippen molar-refractivity contribution in [2.75, 3.05) is 51.1 Å². The molecule has 0 aliphatic rings. The highest BCUT2D eigenvalue weighted by Crippen LogP contribution is 2.40. The Morgan fingerprint density at radius 1 is 1.03 bits per heavy atom. The van der Waals surface area contributed by atoms with Crippen LogP contribution >= 0.6 is 34.7 Å². The summed E-state index contributed by atoms with van der Waals surface area (Å²) in [4.78, 5) is 23.2. The summed E-state index contributed by atoms with van der Waals surface area (Å²) in [6.07, 6.45) is 0. The molecule has 0 bridgehead atoms. The maximum atomic E-state index is 13.3. The van der Waals surface area contributed by atoms with Gasteiger partial charge in [0.25, 0.3) is 0 Å². The Morgan fingerprint density at radius 2 is 1.69 bits per heavy atom. The number of thiazole rings is 1. The molecule has 0 N–H and O–H groups in total. The zero-order chi connectivity index (χ0) is 23.1. The van der Waals surface area contributed by atoms with Crippen LogP contribution in [-0.4, -0.2) is 61.9 Å². The smallest absolute Gasteiger partial charge is 0.239 e. The molecule has 0 saturated heterocycles. The molecule has 0 aliphatic carbocycles. The molecule has 1 amide bonds. The van der Waals surface area contributed by atoms with E-state index in [-0.39, 0.29) is 5.91 Å². The van der Waals surface area contributed by atoms with Gasteiger partial charge in [-0.15, -0.1) is 11.8 Å². The van der Waals surface area contributed by atoms with Crippen molar-refractivity contribution in [2.45, 2.75) is 18.7 Å². The van der Waals surface area contributed by atoms with Crippen molar-refractivity contribution in [3.63, 3.8) is 0 Å². The minimum atomic E-state index is 0.00842. The first-order chi connectivity index (χ1) is 15.5. The minimum absolute atomic E-state index is 0.00842. The third-order valence-electron chi connectivity index (χ3n) is 5.14. The second kappa shape index (κ2) is 11.7. The van der Waals surface area contributed by atoms with E-state index in [0.717, 1.165) is 35.0 Å². The molecule has 172 valence electrons. The zero-order valence-corrected chi connectivity index (χ0v) is 21.1. The summed E-state index contributed by atoms with van der Waals surface area (Å²) in [5.41, 5.74) is 0.706. The highest BCUT2D eigenvalue weighted by molar-refractivity contribution is 8.00. The van der Waals surface area contributed by atoms with Gasteiger partial charge in [-0.3, -0.25) is 9.69 Å². The topological polar surface area (TPSA) is 54.9 Å². The van der Waals surface area contributed by atoms with Gasteiger partial charge >= 0.3 is 0 Å². The number of hydrogen-bond acceptors (Lipinski definition) is 7. The number of benzene rings is 2. The summed E-state index contributed by atoms with van der Waals surface area (Å²) in [5.74, 6) is 1.70. The lowest BCUT2D eigenvalue weighted by Gasteiger charge is -2.24. The largest absolute Gasteiger partial charge is 0.495 e. The summed E-state index contributed by atoms with van der Waals surface area (Å²) in [6, 6.07) is 11.2. The van der Waals surface area contributed by atoms with E-state index in [1.54, 1.807) is 19.1 Å². The van der Waals surface area contributed by atoms with Crippen molar-refractivity contribution < 1.29 is 14.3 Å². The van der Waals surface area contributed by atoms with Gasteiger partial charge in [-0.2, -0.15) is 0 Å². The molecule has 3 rings (SSSR count). The van der Waals surface area contributed by atoms with Gasteiger partial charge in [0, 0.05) is 23.0 Å². The summed E-state index contributed by atoms with van der Waals surface area (Å²) >= 11 is 8.92. The van der Waals surface area contributed by atoms with Crippen molar-refractivity contribution in [3.8, 4) is 11.5 Å². The fraction of sp³-hybridized carbons (Fsp3) is 0.391. The SMILES string of the molecule is CCN(CC)CCN(C(=O)CSc1ccc(Cl)cc1)c1nc2c(OC)ccc(OC)c2s1. The number of aromatic nitrogens is 1. The van der Waals surface area contributed by atoms with Gasteiger partial charge in [0.05, 0.1) is 20.0 Å². The summed E-state index contributed by atoms with van der Waals surface area (Å²) in [6.45, 7) is 7.44. The Labute approximate surface area is 202 Å². The molecular weight excluding hydrogens is 466 g/mol. The highest BCUT2D eigenvalue weighted by Gasteiger charge is 2.23. The van der Waals surface area contributed by atoms with Gasteiger partial charge in [-0.1, -0.05) is 36.8 Å². The van der Waals surface area contributed by atoms with Crippen LogP contribution in [-0.2, 0) is 4.79 Å². The standard InChI is InChI=1S/C23H28ClN3O3S2/c1-5-26(6-2)13-14-27(20(28)15-31-17-9-7-16(24)8-10-17)23-25-21-18(29-3)11-12-19(30-4)22(21)32-23/h7-12H,5-6,13-15H2,1-4H3. The number of fused-ring (bicyclic) bond motifs is 1. The number of rotatable bonds is 11. The number of likely N-dealkylation sites (N-methyl/N-ethyl adjacent to an activating group) is 1. The number of nitrogens with zero attached hydrogens (tertiary/aromatic N) is 3. The molecule has 0 aliphatic heterocycles. The molecule has 1 aromatic heterocycles. The van der Waals surface area contributed by atoms with Crippen LogP contribution in [0.25, 0.3) is 10.2 Å². The minimum Gasteiger partial charge on any atom is -0.495 e. The van der Waals surface area contributed by atoms with Gasteiger partial charge in [-0.05, 0) is 49.5 Å². The molecule has 6 nitrogen and oxygen atoms in total. The molecule has 1 heterocycles. The fourth-order valence-electron chi connectivity index (χ4n) is 3.25. The number of thioether (sulfide) groups is 1. The van der Waals surface area contributed by atoms with Crippen LogP contribution in [0.3, 0.4) is 0 Å². The van der Waals surface area contributed by atoms with Gasteiger partial charge < -0.3 is 14.4 Å². The third kappa shape index (κ3) is 5.86. The Kier molecular flexibility index (Phi) is 9.04. The Bertz CT molecular complexity index is 998. The Morgan fingerprint density at radius 3 is 2.31 bits per heavy atom. The van der Waals surface area contributed by atoms with Gasteiger partial charge in [0.2, 0.25) is 5.91 Å². The number of methoxy groups -OCH3 is 2. The fourth-order valence-corrected chi connectivity index (χ4v) is 5.27. The van der Waals surface area contributed by atoms with Crippen molar-refractivity contribution in [3.05, 3.63) is 41.4 Å². The Hall–Kier alpha value is -2.00. The van der Waals surface area contributed by atoms with Gasteiger partial charge in [0.15, 0.2) is 5.13 Å². The normalized spacial score (nSPS) is 11.2. The van der Waals surface area contributed by atoms with E-state index >= 15 is 0 Å². The van der Waals surface area contributed by atoms with Crippen LogP contribution in [0.1, 0.15) is 13.8 Å². The molecule has 0 saturated carbocycles. The van der Waals surface area contributed by atoms with Crippen LogP contribution in [0.5, 0.6) is 11.5 Å². The molecule has 0 spiro atoms. The van der Waals surface area contributed by atoms with Gasteiger partial charge in [-0.25, -0.2) is 4.98 Å². The molecule has 3 aromatic rings. The lowest BCUT2D eigenvalue weighted by atomic mass is 10.3. The number of anilines is 1. The monoisotopic (exact) mass is 493 g/mol. The maximum absolute atomic E-state index is 13.3. The maximum Gasteiger partial charge on any atom is 0.239 e. The summed E-state index contributed by atoms with van der Waals surface area (Å²) < 4.78 is 11.9. The van der Waals surface area contributed by atoms with Crippen LogP contribution in [0, 0.1) is 0 Å². The second-order valence-corrected chi connectivity index (χ2v) is 9.42. The van der Waals surface area contributed by atoms with Crippen molar-refractivity contribution in [1.82, 2.24) is 9.88 Å². The van der Waals surface area contributed by atoms with Crippen molar-refractivity contribution >= 4 is 56.0 Å². The predicted octanol–water partition coefficient (Wildman–Crippen LogP) is 5.43. The van der Waals surface area contributed by atoms with Crippen LogP contribution in [0.4, 0.5) is 5.13 Å². The van der Waals surface area contributed by atoms with Crippen molar-refractivity contribution in [1.29, 1.82) is 0 Å². The molecule has 0 radical (unpaired) electrons. The molecule has 9 heteroatoms. The predicted molar refractivity (Wildman–Crippen MR) is 135 cm³/mol. The van der Waals surface area contributed by atoms with E-state index < -0.39 is 0 Å². The molecule has 0 atom stereocenters. The average molecular weight is 494 g/mol. The first-order valence-corrected chi connectivity index (χ1v) is 12.6. The number of carbonyl (C=O) groups excluding carboxylic acids is 1. The highest BCUT2D eigenvalue weighted by atomic mass is 35.5. The van der Waals surface area contributed by atoms with E-state index in [4.69, 9.17) is 26.1 Å². The van der Waals surface area contributed by atoms with Gasteiger partial charge in [0.1, 0.15) is 21.7 Å². The first-order valence-electron chi connectivity index (χ1n) is 10.4. The lowest BCUT2D eigenvalue weighted by Crippen LogP contribution is -2.39. The molecular formula is C23H28ClN3O3S2. The van der Waals surface area contributed by atoms with E-state index in [2.05, 4.69) is 18.7 Å². The van der Waals surface area contributed by atoms with Crippen LogP contribution in [0.2, 0.25) is 5.02 Å². The van der Waals surface area contributed by atoms with Crippen LogP contribution in [0.15, 0.2) is 41.3 Å². The number of hydrogen-bond donors (Lipinski definition) is 0. The Balaban J connectivity index is 1.89. The summed E-state index contributed by atoms with van der Waals surface area (Å²) in [5, 5.41) is 1.33. The average Bonchev–Trinajstić information content (AvgIpc) is 3.26. The first kappa shape index (κ1) is 24.6. The van der Waals surface area contributed by atoms with Crippen LogP contribution < -0.4 is 14.4 Å². The van der Waals surface area contributed by atoms with Crippen molar-refractivity contribution in [2.24, 2.45) is 0 Å². The number of halogens is 1. The van der Waals surface area contributed by atoms with E-state index in [0.29, 0.717) is 33.7 Å². The molecule has 32 heavy (non-hydrogen) atoms. The number of ether oxygens (including phenoxy) is 2. The number of carbonyl (C=O) groups is 1. The third-order valence-corrected chi connectivity index (χ3v) is 7.48. The van der Waals surface area contributed by atoms with E-state index in [9.17, 15) is 4.79 Å². The molecule has 0 unspecified atom stereocenters.